The number of methoxy groups -OCH3 is 1. The van der Waals surface area contributed by atoms with E-state index < -0.39 is 0 Å². The van der Waals surface area contributed by atoms with Gasteiger partial charge in [0.2, 0.25) is 0 Å². The van der Waals surface area contributed by atoms with Crippen molar-refractivity contribution in [2.75, 3.05) is 7.11 Å². The molecular weight excluding hydrogens is 260 g/mol. The van der Waals surface area contributed by atoms with E-state index in [1.165, 1.54) is 31.2 Å². The van der Waals surface area contributed by atoms with Gasteiger partial charge in [-0.25, -0.2) is 0 Å². The minimum absolute atomic E-state index is 0.331. The molecule has 0 saturated heterocycles. The van der Waals surface area contributed by atoms with Crippen molar-refractivity contribution in [3.63, 3.8) is 0 Å². The first kappa shape index (κ1) is 15.4. The predicted molar refractivity (Wildman–Crippen MR) is 87.9 cm³/mol. The van der Waals surface area contributed by atoms with E-state index in [0.717, 1.165) is 23.3 Å². The Labute approximate surface area is 127 Å². The molecule has 2 aromatic rings. The standard InChI is InChI=1S/C19H24O2/c1-3-4-5-6-7-15-8-13-19(20)18(14-15)16-9-11-17(21-2)12-10-16/h8-14,20H,3-7H2,1-2H3. The van der Waals surface area contributed by atoms with Gasteiger partial charge in [-0.15, -0.1) is 0 Å². The van der Waals surface area contributed by atoms with Gasteiger partial charge in [-0.1, -0.05) is 44.4 Å². The number of aryl methyl sites for hydroxylation is 1. The molecule has 0 spiro atoms. The van der Waals surface area contributed by atoms with E-state index in [-0.39, 0.29) is 0 Å². The number of rotatable bonds is 7. The fraction of sp³-hybridized carbons (Fsp3) is 0.368. The molecule has 0 atom stereocenters. The molecule has 0 heterocycles. The molecule has 2 aromatic carbocycles. The Balaban J connectivity index is 2.14. The third-order valence-corrected chi connectivity index (χ3v) is 3.78. The molecule has 112 valence electrons. The van der Waals surface area contributed by atoms with E-state index in [0.29, 0.717) is 5.75 Å². The molecule has 2 rings (SSSR count). The van der Waals surface area contributed by atoms with Gasteiger partial charge >= 0.3 is 0 Å². The highest BCUT2D eigenvalue weighted by Crippen LogP contribution is 2.31. The maximum Gasteiger partial charge on any atom is 0.123 e. The zero-order valence-electron chi connectivity index (χ0n) is 12.9. The Morgan fingerprint density at radius 3 is 2.38 bits per heavy atom. The lowest BCUT2D eigenvalue weighted by molar-refractivity contribution is 0.415. The minimum Gasteiger partial charge on any atom is -0.507 e. The predicted octanol–water partition coefficient (Wildman–Crippen LogP) is 5.19. The highest BCUT2D eigenvalue weighted by Gasteiger charge is 2.06. The topological polar surface area (TPSA) is 29.5 Å². The van der Waals surface area contributed by atoms with Crippen LogP contribution in [0, 0.1) is 0 Å². The van der Waals surface area contributed by atoms with Crippen molar-refractivity contribution in [1.29, 1.82) is 0 Å². The molecule has 0 amide bonds. The van der Waals surface area contributed by atoms with Crippen molar-refractivity contribution in [1.82, 2.24) is 0 Å². The highest BCUT2D eigenvalue weighted by atomic mass is 16.5. The number of benzene rings is 2. The van der Waals surface area contributed by atoms with Crippen molar-refractivity contribution in [3.8, 4) is 22.6 Å². The lowest BCUT2D eigenvalue weighted by atomic mass is 9.99. The van der Waals surface area contributed by atoms with Crippen LogP contribution in [0.5, 0.6) is 11.5 Å². The number of aromatic hydroxyl groups is 1. The molecule has 1 N–H and O–H groups in total. The molecule has 0 bridgehead atoms. The zero-order chi connectivity index (χ0) is 15.1. The average Bonchev–Trinajstić information content (AvgIpc) is 2.53. The number of ether oxygens (including phenoxy) is 1. The van der Waals surface area contributed by atoms with Gasteiger partial charge in [-0.05, 0) is 48.2 Å². The molecule has 2 nitrogen and oxygen atoms in total. The van der Waals surface area contributed by atoms with Gasteiger partial charge in [0.1, 0.15) is 11.5 Å². The Hall–Kier alpha value is -1.96. The van der Waals surface area contributed by atoms with Gasteiger partial charge in [-0.2, -0.15) is 0 Å². The van der Waals surface area contributed by atoms with Crippen LogP contribution in [0.1, 0.15) is 38.2 Å². The van der Waals surface area contributed by atoms with Crippen LogP contribution >= 0.6 is 0 Å². The summed E-state index contributed by atoms with van der Waals surface area (Å²) in [5.41, 5.74) is 3.20. The number of unbranched alkanes of at least 4 members (excludes halogenated alkanes) is 3. The minimum atomic E-state index is 0.331. The Morgan fingerprint density at radius 1 is 0.952 bits per heavy atom. The van der Waals surface area contributed by atoms with Gasteiger partial charge in [-0.3, -0.25) is 0 Å². The van der Waals surface area contributed by atoms with Crippen LogP contribution in [0.2, 0.25) is 0 Å². The van der Waals surface area contributed by atoms with Gasteiger partial charge < -0.3 is 9.84 Å². The van der Waals surface area contributed by atoms with Gasteiger partial charge in [0, 0.05) is 5.56 Å². The van der Waals surface area contributed by atoms with Gasteiger partial charge in [0.15, 0.2) is 0 Å². The summed E-state index contributed by atoms with van der Waals surface area (Å²) < 4.78 is 5.17. The van der Waals surface area contributed by atoms with Crippen molar-refractivity contribution in [3.05, 3.63) is 48.0 Å². The smallest absolute Gasteiger partial charge is 0.123 e. The first-order valence-corrected chi connectivity index (χ1v) is 7.71. The summed E-state index contributed by atoms with van der Waals surface area (Å²) in [6.45, 7) is 2.22. The molecule has 21 heavy (non-hydrogen) atoms. The Bertz CT molecular complexity index is 558. The Morgan fingerprint density at radius 2 is 1.71 bits per heavy atom. The molecule has 0 aromatic heterocycles. The summed E-state index contributed by atoms with van der Waals surface area (Å²) in [5.74, 6) is 1.16. The van der Waals surface area contributed by atoms with Crippen LogP contribution in [0.15, 0.2) is 42.5 Å². The molecule has 0 fully saturated rings. The number of hydrogen-bond acceptors (Lipinski definition) is 2. The third kappa shape index (κ3) is 4.25. The molecule has 0 aliphatic rings. The maximum atomic E-state index is 10.1. The lowest BCUT2D eigenvalue weighted by Gasteiger charge is -2.09. The van der Waals surface area contributed by atoms with E-state index >= 15 is 0 Å². The van der Waals surface area contributed by atoms with Crippen molar-refractivity contribution in [2.45, 2.75) is 39.0 Å². The second kappa shape index (κ2) is 7.72. The second-order valence-corrected chi connectivity index (χ2v) is 5.39. The van der Waals surface area contributed by atoms with Crippen molar-refractivity contribution < 1.29 is 9.84 Å². The van der Waals surface area contributed by atoms with Crippen LogP contribution in [0.4, 0.5) is 0 Å². The van der Waals surface area contributed by atoms with Crippen LogP contribution in [0.25, 0.3) is 11.1 Å². The monoisotopic (exact) mass is 284 g/mol. The zero-order valence-corrected chi connectivity index (χ0v) is 12.9. The van der Waals surface area contributed by atoms with Gasteiger partial charge in [0.25, 0.3) is 0 Å². The molecule has 0 radical (unpaired) electrons. The number of hydrogen-bond donors (Lipinski definition) is 1. The summed E-state index contributed by atoms with van der Waals surface area (Å²) in [4.78, 5) is 0. The molecule has 0 aliphatic carbocycles. The lowest BCUT2D eigenvalue weighted by Crippen LogP contribution is -1.88. The normalized spacial score (nSPS) is 10.6. The summed E-state index contributed by atoms with van der Waals surface area (Å²) in [5, 5.41) is 10.1. The fourth-order valence-corrected chi connectivity index (χ4v) is 2.50. The number of phenols is 1. The maximum absolute atomic E-state index is 10.1. The summed E-state index contributed by atoms with van der Waals surface area (Å²) >= 11 is 0. The molecule has 0 saturated carbocycles. The van der Waals surface area contributed by atoms with E-state index in [1.54, 1.807) is 13.2 Å². The fourth-order valence-electron chi connectivity index (χ4n) is 2.50. The van der Waals surface area contributed by atoms with E-state index in [1.807, 2.05) is 30.3 Å². The first-order valence-electron chi connectivity index (χ1n) is 7.71. The van der Waals surface area contributed by atoms with Crippen LogP contribution in [0.3, 0.4) is 0 Å². The van der Waals surface area contributed by atoms with E-state index in [2.05, 4.69) is 13.0 Å². The molecular formula is C19H24O2. The third-order valence-electron chi connectivity index (χ3n) is 3.78. The highest BCUT2D eigenvalue weighted by molar-refractivity contribution is 5.71. The van der Waals surface area contributed by atoms with Crippen molar-refractivity contribution >= 4 is 0 Å². The van der Waals surface area contributed by atoms with Crippen LogP contribution in [-0.2, 0) is 6.42 Å². The first-order chi connectivity index (χ1) is 10.2. The van der Waals surface area contributed by atoms with E-state index in [4.69, 9.17) is 4.74 Å². The van der Waals surface area contributed by atoms with Crippen molar-refractivity contribution in [2.24, 2.45) is 0 Å². The quantitative estimate of drug-likeness (QED) is 0.709. The molecule has 2 heteroatoms. The average molecular weight is 284 g/mol. The van der Waals surface area contributed by atoms with Crippen LogP contribution < -0.4 is 4.74 Å². The van der Waals surface area contributed by atoms with Gasteiger partial charge in [0.05, 0.1) is 7.11 Å². The summed E-state index contributed by atoms with van der Waals surface area (Å²) in [6.07, 6.45) is 6.11. The van der Waals surface area contributed by atoms with E-state index in [9.17, 15) is 5.11 Å². The second-order valence-electron chi connectivity index (χ2n) is 5.39. The molecule has 0 unspecified atom stereocenters. The largest absolute Gasteiger partial charge is 0.507 e. The van der Waals surface area contributed by atoms with Crippen LogP contribution in [-0.4, -0.2) is 12.2 Å². The SMILES string of the molecule is CCCCCCc1ccc(O)c(-c2ccc(OC)cc2)c1. The summed E-state index contributed by atoms with van der Waals surface area (Å²) in [6, 6.07) is 13.7. The number of phenolic OH excluding ortho intramolecular Hbond substituents is 1. The molecule has 0 aliphatic heterocycles. The summed E-state index contributed by atoms with van der Waals surface area (Å²) in [7, 11) is 1.66. The Kier molecular flexibility index (Phi) is 5.68.